The SMILES string of the molecule is CN(C)CC1COCCN(C(=O)c2cccc(CCC(C)(C)O)c2)C1. The van der Waals surface area contributed by atoms with Crippen molar-refractivity contribution in [2.45, 2.75) is 32.3 Å². The van der Waals surface area contributed by atoms with Crippen LogP contribution in [0.4, 0.5) is 0 Å². The number of nitrogens with zero attached hydrogens (tertiary/aromatic N) is 2. The smallest absolute Gasteiger partial charge is 0.253 e. The van der Waals surface area contributed by atoms with E-state index in [1.165, 1.54) is 0 Å². The lowest BCUT2D eigenvalue weighted by atomic mass is 9.97. The van der Waals surface area contributed by atoms with E-state index in [1.54, 1.807) is 0 Å². The molecule has 5 nitrogen and oxygen atoms in total. The monoisotopic (exact) mass is 348 g/mol. The van der Waals surface area contributed by atoms with Crippen molar-refractivity contribution in [3.63, 3.8) is 0 Å². The summed E-state index contributed by atoms with van der Waals surface area (Å²) in [5, 5.41) is 9.90. The van der Waals surface area contributed by atoms with E-state index in [-0.39, 0.29) is 5.91 Å². The minimum absolute atomic E-state index is 0.0689. The van der Waals surface area contributed by atoms with Crippen LogP contribution in [0.15, 0.2) is 24.3 Å². The summed E-state index contributed by atoms with van der Waals surface area (Å²) in [5.41, 5.74) is 1.12. The quantitative estimate of drug-likeness (QED) is 0.855. The third kappa shape index (κ3) is 6.77. The van der Waals surface area contributed by atoms with Gasteiger partial charge in [0, 0.05) is 31.1 Å². The fourth-order valence-electron chi connectivity index (χ4n) is 3.18. The van der Waals surface area contributed by atoms with Gasteiger partial charge < -0.3 is 19.6 Å². The van der Waals surface area contributed by atoms with Crippen molar-refractivity contribution in [3.05, 3.63) is 35.4 Å². The standard InChI is InChI=1S/C20H32N2O3/c1-20(2,24)9-8-16-6-5-7-18(12-16)19(23)22-10-11-25-15-17(14-22)13-21(3)4/h5-7,12,17,24H,8-11,13-15H2,1-4H3. The van der Waals surface area contributed by atoms with Gasteiger partial charge in [-0.2, -0.15) is 0 Å². The van der Waals surface area contributed by atoms with Gasteiger partial charge in [0.25, 0.3) is 5.91 Å². The summed E-state index contributed by atoms with van der Waals surface area (Å²) >= 11 is 0. The summed E-state index contributed by atoms with van der Waals surface area (Å²) in [6.45, 7) is 7.19. The van der Waals surface area contributed by atoms with Crippen LogP contribution >= 0.6 is 0 Å². The molecule has 1 N–H and O–H groups in total. The Morgan fingerprint density at radius 2 is 2.16 bits per heavy atom. The van der Waals surface area contributed by atoms with Crippen molar-refractivity contribution in [3.8, 4) is 0 Å². The summed E-state index contributed by atoms with van der Waals surface area (Å²) in [5.74, 6) is 0.402. The molecule has 2 rings (SSSR count). The van der Waals surface area contributed by atoms with Crippen LogP contribution < -0.4 is 0 Å². The van der Waals surface area contributed by atoms with Gasteiger partial charge in [-0.25, -0.2) is 0 Å². The molecular weight excluding hydrogens is 316 g/mol. The van der Waals surface area contributed by atoms with Crippen LogP contribution in [-0.2, 0) is 11.2 Å². The molecule has 1 aliphatic rings. The molecule has 1 aliphatic heterocycles. The van der Waals surface area contributed by atoms with E-state index in [2.05, 4.69) is 4.90 Å². The predicted octanol–water partition coefficient (Wildman–Crippen LogP) is 2.04. The number of carbonyl (C=O) groups excluding carboxylic acids is 1. The Hall–Kier alpha value is -1.43. The summed E-state index contributed by atoms with van der Waals surface area (Å²) in [6.07, 6.45) is 1.43. The van der Waals surface area contributed by atoms with Gasteiger partial charge in [-0.1, -0.05) is 12.1 Å². The largest absolute Gasteiger partial charge is 0.390 e. The summed E-state index contributed by atoms with van der Waals surface area (Å²) in [6, 6.07) is 7.78. The van der Waals surface area contributed by atoms with Gasteiger partial charge in [-0.3, -0.25) is 4.79 Å². The van der Waals surface area contributed by atoms with Crippen molar-refractivity contribution in [2.24, 2.45) is 5.92 Å². The molecule has 1 atom stereocenters. The van der Waals surface area contributed by atoms with Crippen molar-refractivity contribution >= 4 is 5.91 Å². The molecule has 25 heavy (non-hydrogen) atoms. The molecule has 140 valence electrons. The molecule has 1 aromatic rings. The Morgan fingerprint density at radius 1 is 1.40 bits per heavy atom. The number of hydrogen-bond donors (Lipinski definition) is 1. The Balaban J connectivity index is 2.05. The third-order valence-electron chi connectivity index (χ3n) is 4.45. The van der Waals surface area contributed by atoms with Gasteiger partial charge in [0.05, 0.1) is 18.8 Å². The van der Waals surface area contributed by atoms with E-state index in [1.807, 2.05) is 57.1 Å². The molecule has 1 unspecified atom stereocenters. The molecule has 1 fully saturated rings. The van der Waals surface area contributed by atoms with Gasteiger partial charge in [-0.05, 0) is 58.5 Å². The van der Waals surface area contributed by atoms with Crippen LogP contribution in [-0.4, -0.2) is 73.4 Å². The molecule has 0 aromatic heterocycles. The number of ether oxygens (including phenoxy) is 1. The zero-order chi connectivity index (χ0) is 18.4. The van der Waals surface area contributed by atoms with Crippen LogP contribution in [0.2, 0.25) is 0 Å². The summed E-state index contributed by atoms with van der Waals surface area (Å²) in [7, 11) is 4.09. The summed E-state index contributed by atoms with van der Waals surface area (Å²) < 4.78 is 5.68. The van der Waals surface area contributed by atoms with Crippen molar-refractivity contribution in [2.75, 3.05) is 46.9 Å². The maximum absolute atomic E-state index is 12.9. The second kappa shape index (κ2) is 8.79. The van der Waals surface area contributed by atoms with Crippen LogP contribution in [0.3, 0.4) is 0 Å². The van der Waals surface area contributed by atoms with Crippen LogP contribution in [0.5, 0.6) is 0 Å². The second-order valence-corrected chi connectivity index (χ2v) is 7.97. The van der Waals surface area contributed by atoms with Crippen LogP contribution in [0.25, 0.3) is 0 Å². The van der Waals surface area contributed by atoms with Gasteiger partial charge >= 0.3 is 0 Å². The molecule has 0 saturated carbocycles. The maximum atomic E-state index is 12.9. The van der Waals surface area contributed by atoms with Gasteiger partial charge in [0.15, 0.2) is 0 Å². The molecule has 1 amide bonds. The molecule has 0 bridgehead atoms. The first-order valence-electron chi connectivity index (χ1n) is 9.08. The minimum atomic E-state index is -0.693. The van der Waals surface area contributed by atoms with Crippen molar-refractivity contribution < 1.29 is 14.6 Å². The number of hydrogen-bond acceptors (Lipinski definition) is 4. The number of rotatable bonds is 6. The molecule has 0 radical (unpaired) electrons. The first-order valence-corrected chi connectivity index (χ1v) is 9.08. The molecular formula is C20H32N2O3. The van der Waals surface area contributed by atoms with Crippen molar-refractivity contribution in [1.29, 1.82) is 0 Å². The average molecular weight is 348 g/mol. The maximum Gasteiger partial charge on any atom is 0.253 e. The molecule has 0 spiro atoms. The van der Waals surface area contributed by atoms with E-state index >= 15 is 0 Å². The molecule has 5 heteroatoms. The van der Waals surface area contributed by atoms with E-state index in [0.717, 1.165) is 30.6 Å². The van der Waals surface area contributed by atoms with Gasteiger partial charge in [0.1, 0.15) is 0 Å². The minimum Gasteiger partial charge on any atom is -0.390 e. The molecule has 1 aromatic carbocycles. The fraction of sp³-hybridized carbons (Fsp3) is 0.650. The van der Waals surface area contributed by atoms with Crippen molar-refractivity contribution in [1.82, 2.24) is 9.80 Å². The highest BCUT2D eigenvalue weighted by molar-refractivity contribution is 5.94. The Morgan fingerprint density at radius 3 is 2.84 bits per heavy atom. The lowest BCUT2D eigenvalue weighted by molar-refractivity contribution is 0.0714. The van der Waals surface area contributed by atoms with E-state index in [4.69, 9.17) is 4.74 Å². The molecule has 1 saturated heterocycles. The lowest BCUT2D eigenvalue weighted by Crippen LogP contribution is -2.38. The highest BCUT2D eigenvalue weighted by atomic mass is 16.5. The topological polar surface area (TPSA) is 53.0 Å². The Kier molecular flexibility index (Phi) is 6.99. The average Bonchev–Trinajstić information content (AvgIpc) is 2.77. The highest BCUT2D eigenvalue weighted by Crippen LogP contribution is 2.17. The fourth-order valence-corrected chi connectivity index (χ4v) is 3.18. The van der Waals surface area contributed by atoms with Gasteiger partial charge in [0.2, 0.25) is 0 Å². The highest BCUT2D eigenvalue weighted by Gasteiger charge is 2.24. The van der Waals surface area contributed by atoms with Gasteiger partial charge in [-0.15, -0.1) is 0 Å². The number of benzene rings is 1. The molecule has 0 aliphatic carbocycles. The first kappa shape index (κ1) is 19.9. The van der Waals surface area contributed by atoms with E-state index in [0.29, 0.717) is 32.1 Å². The van der Waals surface area contributed by atoms with Crippen LogP contribution in [0.1, 0.15) is 36.2 Å². The zero-order valence-corrected chi connectivity index (χ0v) is 16.0. The van der Waals surface area contributed by atoms with E-state index < -0.39 is 5.60 Å². The number of amides is 1. The lowest BCUT2D eigenvalue weighted by Gasteiger charge is -2.25. The first-order chi connectivity index (χ1) is 11.7. The molecule has 1 heterocycles. The zero-order valence-electron chi connectivity index (χ0n) is 16.0. The summed E-state index contributed by atoms with van der Waals surface area (Å²) in [4.78, 5) is 17.0. The number of aliphatic hydroxyl groups is 1. The van der Waals surface area contributed by atoms with Crippen LogP contribution in [0, 0.1) is 5.92 Å². The van der Waals surface area contributed by atoms with E-state index in [9.17, 15) is 9.90 Å². The Labute approximate surface area is 151 Å². The number of aryl methyl sites for hydroxylation is 1. The Bertz CT molecular complexity index is 566. The number of carbonyl (C=O) groups is 1. The third-order valence-corrected chi connectivity index (χ3v) is 4.45. The predicted molar refractivity (Wildman–Crippen MR) is 99.8 cm³/mol. The normalized spacial score (nSPS) is 19.1. The second-order valence-electron chi connectivity index (χ2n) is 7.97.